The summed E-state index contributed by atoms with van der Waals surface area (Å²) in [6, 6.07) is 13.6. The molecule has 1 fully saturated rings. The molecule has 7 heteroatoms. The van der Waals surface area contributed by atoms with Gasteiger partial charge in [0.05, 0.1) is 22.7 Å². The molecule has 4 rings (SSSR count). The molecule has 0 bridgehead atoms. The van der Waals surface area contributed by atoms with E-state index < -0.39 is 0 Å². The Bertz CT molecular complexity index is 1000. The zero-order valence-electron chi connectivity index (χ0n) is 13.7. The monoisotopic (exact) mass is 384 g/mol. The molecular formula is C19H13FN2O2S2. The molecule has 0 aromatic heterocycles. The molecule has 0 atom stereocenters. The van der Waals surface area contributed by atoms with Gasteiger partial charge < -0.3 is 4.90 Å². The van der Waals surface area contributed by atoms with Crippen molar-refractivity contribution in [3.05, 3.63) is 70.4 Å². The van der Waals surface area contributed by atoms with Crippen molar-refractivity contribution in [1.82, 2.24) is 4.90 Å². The number of para-hydroxylation sites is 1. The first kappa shape index (κ1) is 16.9. The van der Waals surface area contributed by atoms with Gasteiger partial charge >= 0.3 is 0 Å². The second kappa shape index (κ2) is 6.34. The molecule has 4 nitrogen and oxygen atoms in total. The summed E-state index contributed by atoms with van der Waals surface area (Å²) in [6.07, 6.45) is 0. The van der Waals surface area contributed by atoms with Gasteiger partial charge in [-0.1, -0.05) is 60.4 Å². The van der Waals surface area contributed by atoms with Crippen LogP contribution in [-0.2, 0) is 16.1 Å². The summed E-state index contributed by atoms with van der Waals surface area (Å²) in [5, 5.41) is 0. The molecule has 130 valence electrons. The van der Waals surface area contributed by atoms with Crippen LogP contribution in [0.25, 0.3) is 5.57 Å². The quantitative estimate of drug-likeness (QED) is 0.586. The van der Waals surface area contributed by atoms with Crippen LogP contribution >= 0.6 is 24.0 Å². The first-order chi connectivity index (χ1) is 12.5. The van der Waals surface area contributed by atoms with Gasteiger partial charge in [0.15, 0.2) is 0 Å². The molecule has 2 aromatic rings. The maximum absolute atomic E-state index is 14.1. The zero-order chi connectivity index (χ0) is 18.4. The lowest BCUT2D eigenvalue weighted by Crippen LogP contribution is -2.27. The normalized spacial score (nSPS) is 19.5. The highest BCUT2D eigenvalue weighted by Gasteiger charge is 2.40. The summed E-state index contributed by atoms with van der Waals surface area (Å²) in [6.45, 7) is 0.0957. The first-order valence-corrected chi connectivity index (χ1v) is 9.10. The van der Waals surface area contributed by atoms with Crippen molar-refractivity contribution < 1.29 is 14.0 Å². The summed E-state index contributed by atoms with van der Waals surface area (Å²) >= 11 is 6.30. The van der Waals surface area contributed by atoms with Gasteiger partial charge in [-0.15, -0.1) is 0 Å². The minimum atomic E-state index is -0.369. The number of carbonyl (C=O) groups excluding carboxylic acids is 2. The Kier molecular flexibility index (Phi) is 4.13. The number of halogens is 1. The SMILES string of the molecule is CN1C(=O)/C(=C2\C(=O)N(Cc3ccccc3F)c3ccccc32)SC1=S. The third-order valence-corrected chi connectivity index (χ3v) is 5.95. The molecule has 26 heavy (non-hydrogen) atoms. The molecule has 2 aliphatic heterocycles. The average Bonchev–Trinajstić information content (AvgIpc) is 3.05. The van der Waals surface area contributed by atoms with Crippen LogP contribution in [0, 0.1) is 5.82 Å². The number of amides is 2. The van der Waals surface area contributed by atoms with Crippen LogP contribution < -0.4 is 4.90 Å². The lowest BCUT2D eigenvalue weighted by molar-refractivity contribution is -0.121. The number of thiocarbonyl (C=S) groups is 1. The number of likely N-dealkylation sites (N-methyl/N-ethyl adjacent to an activating group) is 1. The molecule has 0 aliphatic carbocycles. The van der Waals surface area contributed by atoms with Gasteiger partial charge in [0.2, 0.25) is 0 Å². The second-order valence-electron chi connectivity index (χ2n) is 5.94. The van der Waals surface area contributed by atoms with Crippen LogP contribution in [0.4, 0.5) is 10.1 Å². The highest BCUT2D eigenvalue weighted by atomic mass is 32.2. The Morgan fingerprint density at radius 2 is 1.73 bits per heavy atom. The number of hydrogen-bond acceptors (Lipinski definition) is 4. The van der Waals surface area contributed by atoms with E-state index in [1.807, 2.05) is 12.1 Å². The van der Waals surface area contributed by atoms with E-state index in [1.165, 1.54) is 15.9 Å². The van der Waals surface area contributed by atoms with Crippen LogP contribution in [0.15, 0.2) is 53.4 Å². The summed E-state index contributed by atoms with van der Waals surface area (Å²) in [4.78, 5) is 28.8. The highest BCUT2D eigenvalue weighted by Crippen LogP contribution is 2.44. The first-order valence-electron chi connectivity index (χ1n) is 7.88. The van der Waals surface area contributed by atoms with E-state index in [-0.39, 0.29) is 24.2 Å². The molecule has 0 unspecified atom stereocenters. The number of carbonyl (C=O) groups is 2. The summed E-state index contributed by atoms with van der Waals surface area (Å²) < 4.78 is 14.5. The Morgan fingerprint density at radius 3 is 2.42 bits per heavy atom. The predicted octanol–water partition coefficient (Wildman–Crippen LogP) is 3.57. The van der Waals surface area contributed by atoms with E-state index in [2.05, 4.69) is 0 Å². The van der Waals surface area contributed by atoms with Gasteiger partial charge in [-0.3, -0.25) is 14.5 Å². The molecule has 0 saturated carbocycles. The van der Waals surface area contributed by atoms with Gasteiger partial charge in [0, 0.05) is 18.2 Å². The minimum Gasteiger partial charge on any atom is -0.303 e. The molecule has 2 amide bonds. The van der Waals surface area contributed by atoms with E-state index in [1.54, 1.807) is 37.4 Å². The second-order valence-corrected chi connectivity index (χ2v) is 7.58. The number of anilines is 1. The molecule has 1 saturated heterocycles. The number of rotatable bonds is 2. The Labute approximate surface area is 159 Å². The van der Waals surface area contributed by atoms with Crippen LogP contribution in [-0.4, -0.2) is 28.1 Å². The Morgan fingerprint density at radius 1 is 1.04 bits per heavy atom. The van der Waals surface area contributed by atoms with Crippen LogP contribution in [0.3, 0.4) is 0 Å². The smallest absolute Gasteiger partial charge is 0.266 e. The maximum atomic E-state index is 14.1. The van der Waals surface area contributed by atoms with E-state index in [4.69, 9.17) is 12.2 Å². The van der Waals surface area contributed by atoms with E-state index in [9.17, 15) is 14.0 Å². The molecular weight excluding hydrogens is 371 g/mol. The van der Waals surface area contributed by atoms with Crippen LogP contribution in [0.2, 0.25) is 0 Å². The molecule has 2 aromatic carbocycles. The van der Waals surface area contributed by atoms with Crippen molar-refractivity contribution in [3.63, 3.8) is 0 Å². The fourth-order valence-electron chi connectivity index (χ4n) is 3.05. The largest absolute Gasteiger partial charge is 0.303 e. The van der Waals surface area contributed by atoms with Crippen molar-refractivity contribution >= 4 is 51.4 Å². The lowest BCUT2D eigenvalue weighted by atomic mass is 10.1. The van der Waals surface area contributed by atoms with Gasteiger partial charge in [-0.05, 0) is 12.1 Å². The van der Waals surface area contributed by atoms with Crippen LogP contribution in [0.1, 0.15) is 11.1 Å². The number of nitrogens with zero attached hydrogens (tertiary/aromatic N) is 2. The Hall–Kier alpha value is -2.51. The van der Waals surface area contributed by atoms with Gasteiger partial charge in [0.25, 0.3) is 11.8 Å². The fraction of sp³-hybridized carbons (Fsp3) is 0.105. The van der Waals surface area contributed by atoms with Gasteiger partial charge in [0.1, 0.15) is 10.1 Å². The zero-order valence-corrected chi connectivity index (χ0v) is 15.4. The number of thioether (sulfide) groups is 1. The number of hydrogen-bond donors (Lipinski definition) is 0. The van der Waals surface area contributed by atoms with Crippen LogP contribution in [0.5, 0.6) is 0 Å². The molecule has 0 spiro atoms. The van der Waals surface area contributed by atoms with Crippen molar-refractivity contribution in [2.24, 2.45) is 0 Å². The molecule has 0 N–H and O–H groups in total. The fourth-order valence-corrected chi connectivity index (χ4v) is 4.30. The highest BCUT2D eigenvalue weighted by molar-refractivity contribution is 8.26. The molecule has 2 aliphatic rings. The van der Waals surface area contributed by atoms with Crippen molar-refractivity contribution in [2.75, 3.05) is 11.9 Å². The summed E-state index contributed by atoms with van der Waals surface area (Å²) in [5.41, 5.74) is 2.08. The average molecular weight is 384 g/mol. The molecule has 2 heterocycles. The van der Waals surface area contributed by atoms with E-state index >= 15 is 0 Å². The van der Waals surface area contributed by atoms with Crippen molar-refractivity contribution in [1.29, 1.82) is 0 Å². The lowest BCUT2D eigenvalue weighted by Gasteiger charge is -2.17. The summed E-state index contributed by atoms with van der Waals surface area (Å²) in [7, 11) is 1.59. The number of benzene rings is 2. The van der Waals surface area contributed by atoms with Gasteiger partial charge in [-0.25, -0.2) is 4.39 Å². The predicted molar refractivity (Wildman–Crippen MR) is 104 cm³/mol. The Balaban J connectivity index is 1.83. The van der Waals surface area contributed by atoms with E-state index in [0.717, 1.165) is 11.8 Å². The van der Waals surface area contributed by atoms with Crippen molar-refractivity contribution in [3.8, 4) is 0 Å². The third kappa shape index (κ3) is 2.55. The third-order valence-electron chi connectivity index (χ3n) is 4.40. The maximum Gasteiger partial charge on any atom is 0.266 e. The molecule has 0 radical (unpaired) electrons. The standard InChI is InChI=1S/C19H13FN2O2S2/c1-21-18(24)16(26-19(21)25)15-12-7-3-5-9-14(12)22(17(15)23)10-11-6-2-4-8-13(11)20/h2-9H,10H2,1H3/b16-15+. The number of fused-ring (bicyclic) bond motifs is 1. The van der Waals surface area contributed by atoms with E-state index in [0.29, 0.717) is 31.6 Å². The summed E-state index contributed by atoms with van der Waals surface area (Å²) in [5.74, 6) is -0.972. The minimum absolute atomic E-state index is 0.0957. The van der Waals surface area contributed by atoms with Gasteiger partial charge in [-0.2, -0.15) is 0 Å². The van der Waals surface area contributed by atoms with Crippen molar-refractivity contribution in [2.45, 2.75) is 6.54 Å². The topological polar surface area (TPSA) is 40.6 Å².